The number of likely N-dealkylation sites (N-methyl/N-ethyl adjacent to an activating group) is 1. The summed E-state index contributed by atoms with van der Waals surface area (Å²) in [6, 6.07) is 8.33. The lowest BCUT2D eigenvalue weighted by molar-refractivity contribution is -0.0684. The first-order valence-electron chi connectivity index (χ1n) is 6.43. The first-order chi connectivity index (χ1) is 8.79. The van der Waals surface area contributed by atoms with Crippen LogP contribution in [0.3, 0.4) is 0 Å². The van der Waals surface area contributed by atoms with Crippen LogP contribution in [-0.2, 0) is 9.47 Å². The summed E-state index contributed by atoms with van der Waals surface area (Å²) in [5.74, 6) is 0. The highest BCUT2D eigenvalue weighted by molar-refractivity contribution is 9.10. The van der Waals surface area contributed by atoms with Gasteiger partial charge in [0.1, 0.15) is 0 Å². The number of rotatable bonds is 5. The highest BCUT2D eigenvalue weighted by Gasteiger charge is 2.20. The standard InChI is InChI=1S/C14H20BrNO2/c1-16-10-14(11-3-2-4-12(15)9-11)18-13-5-7-17-8-6-13/h2-4,9,13-14,16H,5-8,10H2,1H3. The number of nitrogens with one attached hydrogen (secondary N) is 1. The van der Waals surface area contributed by atoms with Crippen molar-refractivity contribution in [3.8, 4) is 0 Å². The highest BCUT2D eigenvalue weighted by Crippen LogP contribution is 2.24. The average molecular weight is 314 g/mol. The summed E-state index contributed by atoms with van der Waals surface area (Å²) < 4.78 is 12.7. The van der Waals surface area contributed by atoms with E-state index in [9.17, 15) is 0 Å². The van der Waals surface area contributed by atoms with Gasteiger partial charge in [-0.05, 0) is 37.6 Å². The van der Waals surface area contributed by atoms with Crippen molar-refractivity contribution in [3.05, 3.63) is 34.3 Å². The van der Waals surface area contributed by atoms with Crippen LogP contribution in [0.25, 0.3) is 0 Å². The molecule has 18 heavy (non-hydrogen) atoms. The van der Waals surface area contributed by atoms with Gasteiger partial charge < -0.3 is 14.8 Å². The van der Waals surface area contributed by atoms with Gasteiger partial charge in [-0.2, -0.15) is 0 Å². The molecule has 0 saturated carbocycles. The Labute approximate surface area is 117 Å². The van der Waals surface area contributed by atoms with E-state index in [4.69, 9.17) is 9.47 Å². The molecule has 1 atom stereocenters. The number of halogens is 1. The van der Waals surface area contributed by atoms with Crippen LogP contribution >= 0.6 is 15.9 Å². The van der Waals surface area contributed by atoms with E-state index in [1.807, 2.05) is 13.1 Å². The maximum Gasteiger partial charge on any atom is 0.0953 e. The van der Waals surface area contributed by atoms with E-state index in [0.717, 1.165) is 37.1 Å². The van der Waals surface area contributed by atoms with Crippen LogP contribution in [0.5, 0.6) is 0 Å². The lowest BCUT2D eigenvalue weighted by Crippen LogP contribution is -2.29. The van der Waals surface area contributed by atoms with Gasteiger partial charge in [0.25, 0.3) is 0 Å². The summed E-state index contributed by atoms with van der Waals surface area (Å²) in [5.41, 5.74) is 1.21. The Morgan fingerprint density at radius 2 is 2.22 bits per heavy atom. The predicted octanol–water partition coefficient (Wildman–Crippen LogP) is 2.91. The van der Waals surface area contributed by atoms with Gasteiger partial charge in [0.05, 0.1) is 12.2 Å². The first-order valence-corrected chi connectivity index (χ1v) is 7.22. The van der Waals surface area contributed by atoms with E-state index < -0.39 is 0 Å². The largest absolute Gasteiger partial charge is 0.381 e. The fourth-order valence-electron chi connectivity index (χ4n) is 2.18. The molecule has 0 aliphatic carbocycles. The van der Waals surface area contributed by atoms with Crippen molar-refractivity contribution in [1.29, 1.82) is 0 Å². The van der Waals surface area contributed by atoms with E-state index in [1.54, 1.807) is 0 Å². The normalized spacial score (nSPS) is 18.8. The van der Waals surface area contributed by atoms with Crippen LogP contribution in [0, 0.1) is 0 Å². The maximum atomic E-state index is 6.21. The van der Waals surface area contributed by atoms with Crippen LogP contribution in [0.1, 0.15) is 24.5 Å². The summed E-state index contributed by atoms with van der Waals surface area (Å²) in [5, 5.41) is 3.20. The smallest absolute Gasteiger partial charge is 0.0953 e. The van der Waals surface area contributed by atoms with Crippen molar-refractivity contribution in [2.24, 2.45) is 0 Å². The molecule has 3 nitrogen and oxygen atoms in total. The molecule has 0 aromatic heterocycles. The Balaban J connectivity index is 2.02. The Hall–Kier alpha value is -0.420. The number of benzene rings is 1. The van der Waals surface area contributed by atoms with E-state index >= 15 is 0 Å². The van der Waals surface area contributed by atoms with Crippen LogP contribution in [0.4, 0.5) is 0 Å². The molecule has 1 saturated heterocycles. The minimum atomic E-state index is 0.107. The van der Waals surface area contributed by atoms with Gasteiger partial charge in [-0.25, -0.2) is 0 Å². The average Bonchev–Trinajstić information content (AvgIpc) is 2.39. The molecule has 2 rings (SSSR count). The summed E-state index contributed by atoms with van der Waals surface area (Å²) >= 11 is 3.51. The molecule has 1 unspecified atom stereocenters. The third-order valence-electron chi connectivity index (χ3n) is 3.14. The van der Waals surface area contributed by atoms with E-state index in [1.165, 1.54) is 5.56 Å². The van der Waals surface area contributed by atoms with Crippen molar-refractivity contribution in [2.45, 2.75) is 25.0 Å². The second-order valence-corrected chi connectivity index (χ2v) is 5.46. The summed E-state index contributed by atoms with van der Waals surface area (Å²) in [6.07, 6.45) is 2.41. The SMILES string of the molecule is CNCC(OC1CCOCC1)c1cccc(Br)c1. The van der Waals surface area contributed by atoms with Gasteiger partial charge in [-0.15, -0.1) is 0 Å². The van der Waals surface area contributed by atoms with Gasteiger partial charge in [0.2, 0.25) is 0 Å². The van der Waals surface area contributed by atoms with Crippen LogP contribution in [0.15, 0.2) is 28.7 Å². The van der Waals surface area contributed by atoms with Crippen molar-refractivity contribution in [1.82, 2.24) is 5.32 Å². The Morgan fingerprint density at radius 1 is 1.44 bits per heavy atom. The molecule has 0 bridgehead atoms. The molecule has 0 amide bonds. The topological polar surface area (TPSA) is 30.5 Å². The van der Waals surface area contributed by atoms with Gasteiger partial charge in [-0.3, -0.25) is 0 Å². The second kappa shape index (κ2) is 7.24. The second-order valence-electron chi connectivity index (χ2n) is 4.55. The maximum absolute atomic E-state index is 6.21. The summed E-state index contributed by atoms with van der Waals surface area (Å²) in [7, 11) is 1.96. The predicted molar refractivity (Wildman–Crippen MR) is 75.7 cm³/mol. The van der Waals surface area contributed by atoms with Crippen molar-refractivity contribution in [2.75, 3.05) is 26.8 Å². The first kappa shape index (κ1) is 14.0. The third-order valence-corrected chi connectivity index (χ3v) is 3.63. The number of ether oxygens (including phenoxy) is 2. The molecule has 100 valence electrons. The molecule has 4 heteroatoms. The Morgan fingerprint density at radius 3 is 2.89 bits per heavy atom. The molecule has 1 aliphatic heterocycles. The minimum absolute atomic E-state index is 0.107. The molecule has 1 N–H and O–H groups in total. The Kier molecular flexibility index (Phi) is 5.63. The molecule has 1 aliphatic rings. The zero-order valence-electron chi connectivity index (χ0n) is 10.7. The van der Waals surface area contributed by atoms with Crippen LogP contribution in [0.2, 0.25) is 0 Å². The lowest BCUT2D eigenvalue weighted by Gasteiger charge is -2.28. The van der Waals surface area contributed by atoms with Crippen molar-refractivity contribution < 1.29 is 9.47 Å². The van der Waals surface area contributed by atoms with E-state index in [0.29, 0.717) is 6.10 Å². The Bertz CT molecular complexity index is 367. The molecule has 0 radical (unpaired) electrons. The van der Waals surface area contributed by atoms with Gasteiger partial charge >= 0.3 is 0 Å². The molecule has 1 heterocycles. The van der Waals surface area contributed by atoms with Crippen molar-refractivity contribution >= 4 is 15.9 Å². The third kappa shape index (κ3) is 4.05. The minimum Gasteiger partial charge on any atom is -0.381 e. The monoisotopic (exact) mass is 313 g/mol. The van der Waals surface area contributed by atoms with Gasteiger partial charge in [0, 0.05) is 24.2 Å². The van der Waals surface area contributed by atoms with Crippen LogP contribution in [-0.4, -0.2) is 32.9 Å². The number of hydrogen-bond acceptors (Lipinski definition) is 3. The fraction of sp³-hybridized carbons (Fsp3) is 0.571. The van der Waals surface area contributed by atoms with Gasteiger partial charge in [0.15, 0.2) is 0 Å². The van der Waals surface area contributed by atoms with Crippen LogP contribution < -0.4 is 5.32 Å². The zero-order valence-corrected chi connectivity index (χ0v) is 12.3. The zero-order chi connectivity index (χ0) is 12.8. The number of hydrogen-bond donors (Lipinski definition) is 1. The molecule has 1 aromatic rings. The lowest BCUT2D eigenvalue weighted by atomic mass is 10.1. The fourth-order valence-corrected chi connectivity index (χ4v) is 2.60. The molecular weight excluding hydrogens is 294 g/mol. The molecule has 0 spiro atoms. The highest BCUT2D eigenvalue weighted by atomic mass is 79.9. The van der Waals surface area contributed by atoms with Crippen molar-refractivity contribution in [3.63, 3.8) is 0 Å². The summed E-state index contributed by atoms with van der Waals surface area (Å²) in [6.45, 7) is 2.46. The van der Waals surface area contributed by atoms with Gasteiger partial charge in [-0.1, -0.05) is 28.1 Å². The summed E-state index contributed by atoms with van der Waals surface area (Å²) in [4.78, 5) is 0. The van der Waals surface area contributed by atoms with E-state index in [-0.39, 0.29) is 6.10 Å². The molecule has 1 fully saturated rings. The molecule has 1 aromatic carbocycles. The van der Waals surface area contributed by atoms with E-state index in [2.05, 4.69) is 39.4 Å². The quantitative estimate of drug-likeness (QED) is 0.906. The molecular formula is C14H20BrNO2.